The van der Waals surface area contributed by atoms with Gasteiger partial charge in [0.25, 0.3) is 5.91 Å². The summed E-state index contributed by atoms with van der Waals surface area (Å²) in [5.41, 5.74) is 3.42. The van der Waals surface area contributed by atoms with Gasteiger partial charge in [0, 0.05) is 42.3 Å². The van der Waals surface area contributed by atoms with Crippen molar-refractivity contribution < 1.29 is 14.3 Å². The maximum absolute atomic E-state index is 12.5. The quantitative estimate of drug-likeness (QED) is 0.720. The first-order valence-corrected chi connectivity index (χ1v) is 9.43. The standard InChI is InChI=1S/C22H22N4O3/c1-28-20-8-4-16(5-9-20)18-14-23-22(24-15-18)25-19-6-2-17(3-7-19)21(27)26-10-12-29-13-11-26/h2-9,14-15H,10-13H2,1H3,(H,23,24,25). The molecule has 0 saturated carbocycles. The van der Waals surface area contributed by atoms with Crippen molar-refractivity contribution in [1.29, 1.82) is 0 Å². The fourth-order valence-corrected chi connectivity index (χ4v) is 3.10. The van der Waals surface area contributed by atoms with Gasteiger partial charge >= 0.3 is 0 Å². The molecular weight excluding hydrogens is 368 g/mol. The molecule has 0 unspecified atom stereocenters. The van der Waals surface area contributed by atoms with Crippen molar-refractivity contribution in [2.75, 3.05) is 38.7 Å². The van der Waals surface area contributed by atoms with Gasteiger partial charge in [-0.25, -0.2) is 9.97 Å². The number of morpholine rings is 1. The third-order valence-electron chi connectivity index (χ3n) is 4.76. The van der Waals surface area contributed by atoms with Gasteiger partial charge in [0.15, 0.2) is 0 Å². The summed E-state index contributed by atoms with van der Waals surface area (Å²) in [6.07, 6.45) is 3.54. The highest BCUT2D eigenvalue weighted by Gasteiger charge is 2.18. The zero-order valence-corrected chi connectivity index (χ0v) is 16.2. The number of carbonyl (C=O) groups excluding carboxylic acids is 1. The molecular formula is C22H22N4O3. The number of nitrogens with one attached hydrogen (secondary N) is 1. The van der Waals surface area contributed by atoms with Crippen molar-refractivity contribution in [1.82, 2.24) is 14.9 Å². The Labute approximate surface area is 169 Å². The van der Waals surface area contributed by atoms with Crippen LogP contribution in [-0.4, -0.2) is 54.2 Å². The van der Waals surface area contributed by atoms with Gasteiger partial charge in [-0.05, 0) is 42.0 Å². The van der Waals surface area contributed by atoms with Crippen LogP contribution in [0.4, 0.5) is 11.6 Å². The number of ether oxygens (including phenoxy) is 2. The number of methoxy groups -OCH3 is 1. The average molecular weight is 390 g/mol. The van der Waals surface area contributed by atoms with E-state index in [9.17, 15) is 4.79 Å². The van der Waals surface area contributed by atoms with Gasteiger partial charge in [-0.3, -0.25) is 4.79 Å². The van der Waals surface area contributed by atoms with Crippen LogP contribution in [0.1, 0.15) is 10.4 Å². The van der Waals surface area contributed by atoms with Gasteiger partial charge in [0.2, 0.25) is 5.95 Å². The summed E-state index contributed by atoms with van der Waals surface area (Å²) in [6, 6.07) is 15.1. The Balaban J connectivity index is 1.40. The number of hydrogen-bond donors (Lipinski definition) is 1. The number of hydrogen-bond acceptors (Lipinski definition) is 6. The van der Waals surface area contributed by atoms with Crippen molar-refractivity contribution in [3.8, 4) is 16.9 Å². The monoisotopic (exact) mass is 390 g/mol. The smallest absolute Gasteiger partial charge is 0.254 e. The van der Waals surface area contributed by atoms with Crippen LogP contribution in [0.2, 0.25) is 0 Å². The van der Waals surface area contributed by atoms with Crippen LogP contribution >= 0.6 is 0 Å². The number of nitrogens with zero attached hydrogens (tertiary/aromatic N) is 3. The minimum atomic E-state index is 0.0277. The van der Waals surface area contributed by atoms with Crippen LogP contribution in [0.5, 0.6) is 5.75 Å². The molecule has 2 aromatic carbocycles. The van der Waals surface area contributed by atoms with Gasteiger partial charge in [-0.2, -0.15) is 0 Å². The largest absolute Gasteiger partial charge is 0.497 e. The molecule has 1 fully saturated rings. The van der Waals surface area contributed by atoms with E-state index in [0.717, 1.165) is 22.6 Å². The molecule has 148 valence electrons. The molecule has 7 heteroatoms. The minimum Gasteiger partial charge on any atom is -0.497 e. The van der Waals surface area contributed by atoms with Gasteiger partial charge in [0.05, 0.1) is 20.3 Å². The average Bonchev–Trinajstić information content (AvgIpc) is 2.80. The molecule has 0 bridgehead atoms. The molecule has 1 N–H and O–H groups in total. The highest BCUT2D eigenvalue weighted by molar-refractivity contribution is 5.94. The lowest BCUT2D eigenvalue weighted by Gasteiger charge is -2.26. The van der Waals surface area contributed by atoms with Crippen molar-refractivity contribution in [3.63, 3.8) is 0 Å². The fourth-order valence-electron chi connectivity index (χ4n) is 3.10. The second-order valence-corrected chi connectivity index (χ2v) is 6.63. The predicted octanol–water partition coefficient (Wildman–Crippen LogP) is 3.37. The zero-order chi connectivity index (χ0) is 20.1. The molecule has 3 aromatic rings. The number of aromatic nitrogens is 2. The molecule has 1 saturated heterocycles. The first-order valence-electron chi connectivity index (χ1n) is 9.43. The third-order valence-corrected chi connectivity index (χ3v) is 4.76. The molecule has 7 nitrogen and oxygen atoms in total. The Morgan fingerprint density at radius 3 is 2.24 bits per heavy atom. The molecule has 1 amide bonds. The maximum atomic E-state index is 12.5. The van der Waals surface area contributed by atoms with Crippen LogP contribution in [0.3, 0.4) is 0 Å². The molecule has 0 radical (unpaired) electrons. The predicted molar refractivity (Wildman–Crippen MR) is 110 cm³/mol. The van der Waals surface area contributed by atoms with E-state index in [1.165, 1.54) is 0 Å². The van der Waals surface area contributed by atoms with Gasteiger partial charge in [-0.15, -0.1) is 0 Å². The summed E-state index contributed by atoms with van der Waals surface area (Å²) in [7, 11) is 1.64. The van der Waals surface area contributed by atoms with Crippen molar-refractivity contribution >= 4 is 17.5 Å². The van der Waals surface area contributed by atoms with Crippen molar-refractivity contribution in [3.05, 3.63) is 66.5 Å². The molecule has 1 aromatic heterocycles. The highest BCUT2D eigenvalue weighted by Crippen LogP contribution is 2.22. The summed E-state index contributed by atoms with van der Waals surface area (Å²) in [5.74, 6) is 1.33. The summed E-state index contributed by atoms with van der Waals surface area (Å²) in [6.45, 7) is 2.45. The van der Waals surface area contributed by atoms with E-state index >= 15 is 0 Å². The number of anilines is 2. The Bertz CT molecular complexity index is 951. The van der Waals surface area contributed by atoms with E-state index < -0.39 is 0 Å². The van der Waals surface area contributed by atoms with E-state index in [1.807, 2.05) is 53.4 Å². The van der Waals surface area contributed by atoms with Crippen LogP contribution in [0.25, 0.3) is 11.1 Å². The lowest BCUT2D eigenvalue weighted by molar-refractivity contribution is 0.0303. The van der Waals surface area contributed by atoms with Gasteiger partial charge in [0.1, 0.15) is 5.75 Å². The summed E-state index contributed by atoms with van der Waals surface area (Å²) in [4.78, 5) is 23.1. The highest BCUT2D eigenvalue weighted by atomic mass is 16.5. The molecule has 1 aliphatic rings. The first kappa shape index (κ1) is 18.9. The number of amides is 1. The number of carbonyl (C=O) groups is 1. The van der Waals surface area contributed by atoms with Crippen LogP contribution in [0.15, 0.2) is 60.9 Å². The van der Waals surface area contributed by atoms with Crippen LogP contribution in [-0.2, 0) is 4.74 Å². The van der Waals surface area contributed by atoms with Crippen LogP contribution in [0, 0.1) is 0 Å². The topological polar surface area (TPSA) is 76.6 Å². The molecule has 0 aliphatic carbocycles. The van der Waals surface area contributed by atoms with Crippen molar-refractivity contribution in [2.45, 2.75) is 0 Å². The number of benzene rings is 2. The summed E-state index contributed by atoms with van der Waals surface area (Å²) < 4.78 is 10.5. The maximum Gasteiger partial charge on any atom is 0.254 e. The Kier molecular flexibility index (Phi) is 5.67. The molecule has 2 heterocycles. The van der Waals surface area contributed by atoms with Gasteiger partial charge in [-0.1, -0.05) is 12.1 Å². The Hall–Kier alpha value is -3.45. The summed E-state index contributed by atoms with van der Waals surface area (Å²) in [5, 5.41) is 3.16. The van der Waals surface area contributed by atoms with E-state index in [-0.39, 0.29) is 5.91 Å². The van der Waals surface area contributed by atoms with Crippen LogP contribution < -0.4 is 10.1 Å². The first-order chi connectivity index (χ1) is 14.2. The number of rotatable bonds is 5. The van der Waals surface area contributed by atoms with E-state index in [2.05, 4.69) is 15.3 Å². The minimum absolute atomic E-state index is 0.0277. The molecule has 1 aliphatic heterocycles. The Morgan fingerprint density at radius 2 is 1.62 bits per heavy atom. The van der Waals surface area contributed by atoms with Gasteiger partial charge < -0.3 is 19.7 Å². The lowest BCUT2D eigenvalue weighted by Crippen LogP contribution is -2.40. The lowest BCUT2D eigenvalue weighted by atomic mass is 10.1. The molecule has 0 spiro atoms. The molecule has 4 rings (SSSR count). The Morgan fingerprint density at radius 1 is 0.966 bits per heavy atom. The summed E-state index contributed by atoms with van der Waals surface area (Å²) >= 11 is 0. The fraction of sp³-hybridized carbons (Fsp3) is 0.227. The molecule has 29 heavy (non-hydrogen) atoms. The second kappa shape index (κ2) is 8.70. The normalized spacial score (nSPS) is 13.8. The SMILES string of the molecule is COc1ccc(-c2cnc(Nc3ccc(C(=O)N4CCOCC4)cc3)nc2)cc1. The van der Waals surface area contributed by atoms with E-state index in [4.69, 9.17) is 9.47 Å². The third kappa shape index (κ3) is 4.52. The van der Waals surface area contributed by atoms with E-state index in [0.29, 0.717) is 37.8 Å². The zero-order valence-electron chi connectivity index (χ0n) is 16.2. The van der Waals surface area contributed by atoms with Crippen molar-refractivity contribution in [2.24, 2.45) is 0 Å². The second-order valence-electron chi connectivity index (χ2n) is 6.63. The van der Waals surface area contributed by atoms with E-state index in [1.54, 1.807) is 19.5 Å². The molecule has 0 atom stereocenters.